The Morgan fingerprint density at radius 2 is 1.90 bits per heavy atom. The van der Waals surface area contributed by atoms with Crippen LogP contribution in [0.1, 0.15) is 32.8 Å². The molecule has 1 aromatic carbocycles. The number of benzene rings is 1. The van der Waals surface area contributed by atoms with Crippen molar-refractivity contribution in [3.63, 3.8) is 0 Å². The van der Waals surface area contributed by atoms with Crippen molar-refractivity contribution in [2.45, 2.75) is 45.9 Å². The third-order valence-corrected chi connectivity index (χ3v) is 3.06. The maximum absolute atomic E-state index is 9.83. The average molecular weight is 281 g/mol. The maximum Gasteiger partial charge on any atom is 0.120 e. The first kappa shape index (κ1) is 17.0. The molecule has 0 saturated carbocycles. The SMILES string of the molecule is CC(C)CC(C)OCC(O)CNCc1ccccc1O. The molecule has 3 N–H and O–H groups in total. The van der Waals surface area contributed by atoms with Crippen LogP contribution in [0.4, 0.5) is 0 Å². The normalized spacial score (nSPS) is 14.4. The van der Waals surface area contributed by atoms with Gasteiger partial charge in [-0.15, -0.1) is 0 Å². The number of phenols is 1. The van der Waals surface area contributed by atoms with E-state index < -0.39 is 6.10 Å². The second-order valence-electron chi connectivity index (χ2n) is 5.69. The molecule has 0 saturated heterocycles. The largest absolute Gasteiger partial charge is 0.508 e. The number of aliphatic hydroxyl groups excluding tert-OH is 1. The minimum Gasteiger partial charge on any atom is -0.508 e. The van der Waals surface area contributed by atoms with Crippen molar-refractivity contribution in [2.75, 3.05) is 13.2 Å². The van der Waals surface area contributed by atoms with Gasteiger partial charge in [0, 0.05) is 18.7 Å². The lowest BCUT2D eigenvalue weighted by atomic mass is 10.1. The molecular weight excluding hydrogens is 254 g/mol. The highest BCUT2D eigenvalue weighted by atomic mass is 16.5. The predicted molar refractivity (Wildman–Crippen MR) is 80.7 cm³/mol. The van der Waals surface area contributed by atoms with Crippen LogP contribution in [0.2, 0.25) is 0 Å². The first-order chi connectivity index (χ1) is 9.49. The highest BCUT2D eigenvalue weighted by Crippen LogP contribution is 2.14. The van der Waals surface area contributed by atoms with Gasteiger partial charge in [0.15, 0.2) is 0 Å². The zero-order valence-corrected chi connectivity index (χ0v) is 12.7. The van der Waals surface area contributed by atoms with Crippen LogP contribution in [-0.2, 0) is 11.3 Å². The fraction of sp³-hybridized carbons (Fsp3) is 0.625. The summed E-state index contributed by atoms with van der Waals surface area (Å²) in [6, 6.07) is 7.18. The van der Waals surface area contributed by atoms with Crippen LogP contribution in [0, 0.1) is 5.92 Å². The number of para-hydroxylation sites is 1. The molecule has 0 aliphatic heterocycles. The van der Waals surface area contributed by atoms with Gasteiger partial charge >= 0.3 is 0 Å². The molecule has 0 radical (unpaired) electrons. The molecule has 4 heteroatoms. The number of aromatic hydroxyl groups is 1. The summed E-state index contributed by atoms with van der Waals surface area (Å²) in [4.78, 5) is 0. The van der Waals surface area contributed by atoms with E-state index in [4.69, 9.17) is 4.74 Å². The average Bonchev–Trinajstić information content (AvgIpc) is 2.38. The number of hydrogen-bond acceptors (Lipinski definition) is 4. The molecule has 0 aliphatic carbocycles. The molecule has 0 aliphatic rings. The third-order valence-electron chi connectivity index (χ3n) is 3.06. The van der Waals surface area contributed by atoms with E-state index in [1.165, 1.54) is 0 Å². The molecule has 2 unspecified atom stereocenters. The minimum absolute atomic E-state index is 0.169. The second-order valence-corrected chi connectivity index (χ2v) is 5.69. The third kappa shape index (κ3) is 6.89. The van der Waals surface area contributed by atoms with Gasteiger partial charge in [-0.2, -0.15) is 0 Å². The molecule has 1 aromatic rings. The lowest BCUT2D eigenvalue weighted by Gasteiger charge is -2.18. The van der Waals surface area contributed by atoms with Gasteiger partial charge in [0.05, 0.1) is 18.8 Å². The Morgan fingerprint density at radius 3 is 2.55 bits per heavy atom. The highest BCUT2D eigenvalue weighted by molar-refractivity contribution is 5.31. The molecule has 20 heavy (non-hydrogen) atoms. The molecule has 0 aromatic heterocycles. The summed E-state index contributed by atoms with van der Waals surface area (Å²) in [5.74, 6) is 0.873. The van der Waals surface area contributed by atoms with Gasteiger partial charge in [0.25, 0.3) is 0 Å². The van der Waals surface area contributed by atoms with Crippen LogP contribution in [-0.4, -0.2) is 35.6 Å². The van der Waals surface area contributed by atoms with Gasteiger partial charge in [-0.1, -0.05) is 32.0 Å². The van der Waals surface area contributed by atoms with Gasteiger partial charge in [0.2, 0.25) is 0 Å². The van der Waals surface area contributed by atoms with Crippen LogP contribution in [0.3, 0.4) is 0 Å². The van der Waals surface area contributed by atoms with E-state index in [2.05, 4.69) is 19.2 Å². The van der Waals surface area contributed by atoms with Crippen LogP contribution in [0.5, 0.6) is 5.75 Å². The molecule has 4 nitrogen and oxygen atoms in total. The number of hydrogen-bond donors (Lipinski definition) is 3. The molecule has 0 bridgehead atoms. The molecule has 1 rings (SSSR count). The monoisotopic (exact) mass is 281 g/mol. The van der Waals surface area contributed by atoms with Gasteiger partial charge in [-0.05, 0) is 25.3 Å². The van der Waals surface area contributed by atoms with E-state index in [1.807, 2.05) is 19.1 Å². The van der Waals surface area contributed by atoms with Gasteiger partial charge < -0.3 is 20.3 Å². The zero-order chi connectivity index (χ0) is 15.0. The standard InChI is InChI=1S/C16H27NO3/c1-12(2)8-13(3)20-11-15(18)10-17-9-14-6-4-5-7-16(14)19/h4-7,12-13,15,17-19H,8-11H2,1-3H3. The van der Waals surface area contributed by atoms with Crippen molar-refractivity contribution in [1.29, 1.82) is 0 Å². The van der Waals surface area contributed by atoms with Crippen LogP contribution in [0.15, 0.2) is 24.3 Å². The lowest BCUT2D eigenvalue weighted by Crippen LogP contribution is -2.31. The Labute approximate surface area is 121 Å². The number of aliphatic hydroxyl groups is 1. The number of nitrogens with one attached hydrogen (secondary N) is 1. The van der Waals surface area contributed by atoms with Crippen molar-refractivity contribution in [1.82, 2.24) is 5.32 Å². The van der Waals surface area contributed by atoms with E-state index >= 15 is 0 Å². The summed E-state index contributed by atoms with van der Waals surface area (Å²) in [5.41, 5.74) is 0.828. The van der Waals surface area contributed by atoms with Crippen LogP contribution >= 0.6 is 0 Å². The summed E-state index contributed by atoms with van der Waals surface area (Å²) in [7, 11) is 0. The summed E-state index contributed by atoms with van der Waals surface area (Å²) in [6.07, 6.45) is 0.635. The maximum atomic E-state index is 9.83. The highest BCUT2D eigenvalue weighted by Gasteiger charge is 2.09. The Hall–Kier alpha value is -1.10. The molecule has 0 fully saturated rings. The molecule has 0 heterocycles. The van der Waals surface area contributed by atoms with E-state index in [0.29, 0.717) is 25.6 Å². The van der Waals surface area contributed by atoms with Crippen molar-refractivity contribution in [2.24, 2.45) is 5.92 Å². The smallest absolute Gasteiger partial charge is 0.120 e. The Morgan fingerprint density at radius 1 is 1.20 bits per heavy atom. The van der Waals surface area contributed by atoms with E-state index in [9.17, 15) is 10.2 Å². The van der Waals surface area contributed by atoms with Crippen molar-refractivity contribution in [3.05, 3.63) is 29.8 Å². The molecule has 0 amide bonds. The van der Waals surface area contributed by atoms with Gasteiger partial charge in [0.1, 0.15) is 5.75 Å². The predicted octanol–water partition coefficient (Wildman–Crippen LogP) is 2.29. The number of ether oxygens (including phenoxy) is 1. The number of phenolic OH excluding ortho intramolecular Hbond substituents is 1. The minimum atomic E-state index is -0.532. The Kier molecular flexibility index (Phi) is 7.59. The summed E-state index contributed by atoms with van der Waals surface area (Å²) < 4.78 is 5.60. The fourth-order valence-corrected chi connectivity index (χ4v) is 2.10. The Balaban J connectivity index is 2.17. The topological polar surface area (TPSA) is 61.7 Å². The molecule has 2 atom stereocenters. The van der Waals surface area contributed by atoms with Crippen LogP contribution in [0.25, 0.3) is 0 Å². The van der Waals surface area contributed by atoms with Crippen molar-refractivity contribution >= 4 is 0 Å². The van der Waals surface area contributed by atoms with Crippen molar-refractivity contribution < 1.29 is 14.9 Å². The lowest BCUT2D eigenvalue weighted by molar-refractivity contribution is -0.00858. The van der Waals surface area contributed by atoms with Crippen LogP contribution < -0.4 is 5.32 Å². The van der Waals surface area contributed by atoms with E-state index in [1.54, 1.807) is 12.1 Å². The first-order valence-corrected chi connectivity index (χ1v) is 7.26. The molecular formula is C16H27NO3. The summed E-state index contributed by atoms with van der Waals surface area (Å²) in [5, 5.41) is 22.6. The first-order valence-electron chi connectivity index (χ1n) is 7.26. The number of rotatable bonds is 9. The summed E-state index contributed by atoms with van der Waals surface area (Å²) in [6.45, 7) is 7.66. The van der Waals surface area contributed by atoms with Crippen molar-refractivity contribution in [3.8, 4) is 5.75 Å². The Bertz CT molecular complexity index is 382. The van der Waals surface area contributed by atoms with E-state index in [-0.39, 0.29) is 11.9 Å². The zero-order valence-electron chi connectivity index (χ0n) is 12.7. The molecule has 0 spiro atoms. The molecule has 114 valence electrons. The second kappa shape index (κ2) is 8.95. The van der Waals surface area contributed by atoms with Gasteiger partial charge in [-0.3, -0.25) is 0 Å². The van der Waals surface area contributed by atoms with E-state index in [0.717, 1.165) is 12.0 Å². The fourth-order valence-electron chi connectivity index (χ4n) is 2.10. The van der Waals surface area contributed by atoms with Gasteiger partial charge in [-0.25, -0.2) is 0 Å². The quantitative estimate of drug-likeness (QED) is 0.650. The summed E-state index contributed by atoms with van der Waals surface area (Å²) >= 11 is 0.